The number of ether oxygens (including phenoxy) is 1. The molecule has 3 N–H and O–H groups in total. The van der Waals surface area contributed by atoms with E-state index in [0.717, 1.165) is 22.4 Å². The highest BCUT2D eigenvalue weighted by molar-refractivity contribution is 5.85. The topological polar surface area (TPSA) is 64.3 Å². The Kier molecular flexibility index (Phi) is 7.75. The Morgan fingerprint density at radius 3 is 2.25 bits per heavy atom. The monoisotopic (exact) mass is 348 g/mol. The van der Waals surface area contributed by atoms with E-state index in [4.69, 9.17) is 10.5 Å². The molecule has 0 saturated carbocycles. The molecule has 2 rings (SSSR count). The smallest absolute Gasteiger partial charge is 0.241 e. The first-order valence-corrected chi connectivity index (χ1v) is 7.79. The van der Waals surface area contributed by atoms with E-state index < -0.39 is 6.04 Å². The van der Waals surface area contributed by atoms with E-state index in [2.05, 4.69) is 5.32 Å². The van der Waals surface area contributed by atoms with Crippen LogP contribution in [0.15, 0.2) is 48.5 Å². The van der Waals surface area contributed by atoms with Gasteiger partial charge < -0.3 is 15.8 Å². The van der Waals surface area contributed by atoms with Crippen molar-refractivity contribution in [2.45, 2.75) is 32.9 Å². The Morgan fingerprint density at radius 1 is 1.08 bits per heavy atom. The van der Waals surface area contributed by atoms with Gasteiger partial charge in [-0.25, -0.2) is 0 Å². The quantitative estimate of drug-likeness (QED) is 0.841. The maximum absolute atomic E-state index is 12.2. The molecule has 2 unspecified atom stereocenters. The Balaban J connectivity index is 0.00000288. The van der Waals surface area contributed by atoms with Crippen molar-refractivity contribution in [3.05, 3.63) is 65.2 Å². The predicted octanol–water partition coefficient (Wildman–Crippen LogP) is 3.31. The zero-order valence-electron chi connectivity index (χ0n) is 14.3. The summed E-state index contributed by atoms with van der Waals surface area (Å²) in [6, 6.07) is 14.6. The molecular weight excluding hydrogens is 324 g/mol. The molecule has 0 aliphatic heterocycles. The molecule has 4 nitrogen and oxygen atoms in total. The van der Waals surface area contributed by atoms with E-state index in [0.29, 0.717) is 6.61 Å². The van der Waals surface area contributed by atoms with Crippen LogP contribution in [0.3, 0.4) is 0 Å². The molecule has 2 atom stereocenters. The van der Waals surface area contributed by atoms with Gasteiger partial charge in [-0.05, 0) is 37.5 Å². The number of amides is 1. The number of hydrogen-bond donors (Lipinski definition) is 2. The molecule has 0 bridgehead atoms. The largest absolute Gasteiger partial charge is 0.491 e. The van der Waals surface area contributed by atoms with Crippen LogP contribution in [-0.4, -0.2) is 18.6 Å². The van der Waals surface area contributed by atoms with Gasteiger partial charge in [-0.2, -0.15) is 0 Å². The molecule has 0 fully saturated rings. The first kappa shape index (κ1) is 20.0. The van der Waals surface area contributed by atoms with Gasteiger partial charge in [0, 0.05) is 0 Å². The average Bonchev–Trinajstić information content (AvgIpc) is 2.54. The van der Waals surface area contributed by atoms with Crippen molar-refractivity contribution in [2.75, 3.05) is 6.61 Å². The van der Waals surface area contributed by atoms with E-state index in [1.54, 1.807) is 0 Å². The van der Waals surface area contributed by atoms with E-state index in [1.165, 1.54) is 0 Å². The summed E-state index contributed by atoms with van der Waals surface area (Å²) in [6.07, 6.45) is 0. The minimum absolute atomic E-state index is 0. The number of nitrogens with two attached hydrogens (primary N) is 1. The fourth-order valence-corrected chi connectivity index (χ4v) is 2.42. The van der Waals surface area contributed by atoms with Gasteiger partial charge in [-0.3, -0.25) is 4.79 Å². The molecule has 1 amide bonds. The van der Waals surface area contributed by atoms with E-state index in [9.17, 15) is 4.79 Å². The van der Waals surface area contributed by atoms with Gasteiger partial charge in [0.05, 0.1) is 6.04 Å². The van der Waals surface area contributed by atoms with Crippen molar-refractivity contribution in [3.8, 4) is 5.75 Å². The third kappa shape index (κ3) is 5.25. The fraction of sp³-hybridized carbons (Fsp3) is 0.316. The third-order valence-corrected chi connectivity index (χ3v) is 3.72. The Bertz CT molecular complexity index is 641. The molecule has 0 aromatic heterocycles. The second-order valence-corrected chi connectivity index (χ2v) is 5.83. The summed E-state index contributed by atoms with van der Waals surface area (Å²) < 4.78 is 5.86. The first-order valence-electron chi connectivity index (χ1n) is 7.79. The summed E-state index contributed by atoms with van der Waals surface area (Å²) in [5, 5.41) is 2.90. The second-order valence-electron chi connectivity index (χ2n) is 5.83. The van der Waals surface area contributed by atoms with E-state index >= 15 is 0 Å². The van der Waals surface area contributed by atoms with Gasteiger partial charge in [-0.15, -0.1) is 12.4 Å². The lowest BCUT2D eigenvalue weighted by atomic mass is 10.1. The highest BCUT2D eigenvalue weighted by Crippen LogP contribution is 2.22. The Morgan fingerprint density at radius 2 is 1.67 bits per heavy atom. The summed E-state index contributed by atoms with van der Waals surface area (Å²) in [4.78, 5) is 12.2. The number of halogens is 1. The molecule has 130 valence electrons. The van der Waals surface area contributed by atoms with Crippen LogP contribution < -0.4 is 15.8 Å². The van der Waals surface area contributed by atoms with Crippen LogP contribution in [0.1, 0.15) is 29.7 Å². The summed E-state index contributed by atoms with van der Waals surface area (Å²) in [5.74, 6) is 0.676. The molecule has 5 heteroatoms. The minimum atomic E-state index is -0.668. The van der Waals surface area contributed by atoms with E-state index in [1.807, 2.05) is 69.3 Å². The van der Waals surface area contributed by atoms with Gasteiger partial charge in [0.2, 0.25) is 5.91 Å². The maximum atomic E-state index is 12.2. The van der Waals surface area contributed by atoms with Crippen molar-refractivity contribution < 1.29 is 9.53 Å². The van der Waals surface area contributed by atoms with Crippen molar-refractivity contribution in [3.63, 3.8) is 0 Å². The molecule has 0 aliphatic carbocycles. The number of benzene rings is 2. The molecular formula is C19H25ClN2O2. The lowest BCUT2D eigenvalue weighted by Gasteiger charge is -2.19. The first-order chi connectivity index (χ1) is 11.0. The highest BCUT2D eigenvalue weighted by atomic mass is 35.5. The zero-order chi connectivity index (χ0) is 16.8. The van der Waals surface area contributed by atoms with Gasteiger partial charge in [0.1, 0.15) is 18.4 Å². The summed E-state index contributed by atoms with van der Waals surface area (Å²) >= 11 is 0. The fourth-order valence-electron chi connectivity index (χ4n) is 2.42. The summed E-state index contributed by atoms with van der Waals surface area (Å²) in [7, 11) is 0. The molecule has 0 radical (unpaired) electrons. The molecule has 2 aromatic carbocycles. The molecule has 0 heterocycles. The number of carbonyl (C=O) groups is 1. The number of aryl methyl sites for hydroxylation is 2. The van der Waals surface area contributed by atoms with Crippen LogP contribution in [0.2, 0.25) is 0 Å². The predicted molar refractivity (Wildman–Crippen MR) is 99.6 cm³/mol. The van der Waals surface area contributed by atoms with Crippen molar-refractivity contribution in [2.24, 2.45) is 5.73 Å². The maximum Gasteiger partial charge on any atom is 0.241 e. The molecule has 0 saturated heterocycles. The molecule has 24 heavy (non-hydrogen) atoms. The van der Waals surface area contributed by atoms with Crippen molar-refractivity contribution in [1.82, 2.24) is 5.32 Å². The number of carbonyl (C=O) groups excluding carboxylic acids is 1. The normalized spacial score (nSPS) is 12.7. The van der Waals surface area contributed by atoms with Crippen LogP contribution in [0.5, 0.6) is 5.75 Å². The Labute approximate surface area is 149 Å². The summed E-state index contributed by atoms with van der Waals surface area (Å²) in [6.45, 7) is 6.33. The van der Waals surface area contributed by atoms with Gasteiger partial charge in [-0.1, -0.05) is 48.5 Å². The van der Waals surface area contributed by atoms with Crippen molar-refractivity contribution >= 4 is 18.3 Å². The van der Waals surface area contributed by atoms with Crippen molar-refractivity contribution in [1.29, 1.82) is 0 Å². The highest BCUT2D eigenvalue weighted by Gasteiger charge is 2.18. The second kappa shape index (κ2) is 9.30. The van der Waals surface area contributed by atoms with Crippen LogP contribution in [0.4, 0.5) is 0 Å². The lowest BCUT2D eigenvalue weighted by Crippen LogP contribution is -2.42. The van der Waals surface area contributed by atoms with Gasteiger partial charge >= 0.3 is 0 Å². The Hall–Kier alpha value is -2.04. The van der Waals surface area contributed by atoms with Gasteiger partial charge in [0.15, 0.2) is 0 Å². The third-order valence-electron chi connectivity index (χ3n) is 3.72. The van der Waals surface area contributed by atoms with Crippen LogP contribution in [0, 0.1) is 13.8 Å². The number of nitrogens with one attached hydrogen (secondary N) is 1. The summed E-state index contributed by atoms with van der Waals surface area (Å²) in [5.41, 5.74) is 8.96. The SMILES string of the molecule is Cc1cccc(C)c1OCC(C)NC(=O)C(N)c1ccccc1.Cl. The average molecular weight is 349 g/mol. The van der Waals surface area contributed by atoms with Crippen LogP contribution >= 0.6 is 12.4 Å². The molecule has 2 aromatic rings. The lowest BCUT2D eigenvalue weighted by molar-refractivity contribution is -0.123. The van der Waals surface area contributed by atoms with E-state index in [-0.39, 0.29) is 24.4 Å². The molecule has 0 spiro atoms. The minimum Gasteiger partial charge on any atom is -0.491 e. The van der Waals surface area contributed by atoms with Gasteiger partial charge in [0.25, 0.3) is 0 Å². The molecule has 0 aliphatic rings. The number of hydrogen-bond acceptors (Lipinski definition) is 3. The van der Waals surface area contributed by atoms with Crippen LogP contribution in [0.25, 0.3) is 0 Å². The number of rotatable bonds is 6. The number of para-hydroxylation sites is 1. The zero-order valence-corrected chi connectivity index (χ0v) is 15.1. The standard InChI is InChI=1S/C19H24N2O2.ClH/c1-13-8-7-9-14(2)18(13)23-12-15(3)21-19(22)17(20)16-10-5-4-6-11-16;/h4-11,15,17H,12,20H2,1-3H3,(H,21,22);1H. The van der Waals surface area contributed by atoms with Crippen LogP contribution in [-0.2, 0) is 4.79 Å².